The van der Waals surface area contributed by atoms with Crippen LogP contribution in [0.5, 0.6) is 0 Å². The number of nitrogens with zero attached hydrogens (tertiary/aromatic N) is 2. The van der Waals surface area contributed by atoms with Crippen LogP contribution in [0, 0.1) is 6.92 Å². The molecular weight excluding hydrogens is 536 g/mol. The number of hydrogen-bond donors (Lipinski definition) is 0. The van der Waals surface area contributed by atoms with Crippen LogP contribution in [0.4, 0.5) is 0 Å². The van der Waals surface area contributed by atoms with Gasteiger partial charge in [0.2, 0.25) is 0 Å². The second-order valence-corrected chi connectivity index (χ2v) is 10.5. The first-order valence-corrected chi connectivity index (χ1v) is 13.1. The minimum absolute atomic E-state index is 0.298. The van der Waals surface area contributed by atoms with E-state index in [0.29, 0.717) is 53.4 Å². The number of hydrogen-bond acceptors (Lipinski definition) is 6. The zero-order valence-corrected chi connectivity index (χ0v) is 23.6. The van der Waals surface area contributed by atoms with Crippen LogP contribution in [-0.4, -0.2) is 33.7 Å². The Morgan fingerprint density at radius 3 is 2.49 bits per heavy atom. The van der Waals surface area contributed by atoms with Crippen molar-refractivity contribution in [3.8, 4) is 11.3 Å². The molecule has 0 bridgehead atoms. The topological polar surface area (TPSA) is 83.6 Å². The van der Waals surface area contributed by atoms with Crippen LogP contribution in [0.3, 0.4) is 0 Å². The van der Waals surface area contributed by atoms with Gasteiger partial charge in [-0.05, 0) is 74.3 Å². The van der Waals surface area contributed by atoms with Crippen molar-refractivity contribution in [1.29, 1.82) is 0 Å². The van der Waals surface area contributed by atoms with Gasteiger partial charge in [0.15, 0.2) is 5.69 Å². The van der Waals surface area contributed by atoms with Crippen LogP contribution in [-0.2, 0) is 22.4 Å². The predicted molar refractivity (Wildman–Crippen MR) is 146 cm³/mol. The molecule has 194 valence electrons. The fourth-order valence-electron chi connectivity index (χ4n) is 4.29. The van der Waals surface area contributed by atoms with Crippen molar-refractivity contribution in [1.82, 2.24) is 9.55 Å². The highest BCUT2D eigenvalue weighted by molar-refractivity contribution is 9.10. The van der Waals surface area contributed by atoms with E-state index >= 15 is 0 Å². The van der Waals surface area contributed by atoms with Crippen molar-refractivity contribution in [3.63, 3.8) is 0 Å². The Hall–Kier alpha value is -3.39. The Morgan fingerprint density at radius 1 is 1.08 bits per heavy atom. The molecule has 4 rings (SSSR count). The summed E-state index contributed by atoms with van der Waals surface area (Å²) in [6.07, 6.45) is 0.684. The third-order valence-corrected chi connectivity index (χ3v) is 6.62. The van der Waals surface area contributed by atoms with Gasteiger partial charge >= 0.3 is 11.9 Å². The van der Waals surface area contributed by atoms with Gasteiger partial charge in [-0.25, -0.2) is 14.6 Å². The highest BCUT2D eigenvalue weighted by atomic mass is 79.9. The van der Waals surface area contributed by atoms with E-state index in [1.54, 1.807) is 19.1 Å². The van der Waals surface area contributed by atoms with Crippen molar-refractivity contribution in [2.75, 3.05) is 6.61 Å². The number of ether oxygens (including phenoxy) is 2. The lowest BCUT2D eigenvalue weighted by Crippen LogP contribution is -2.24. The molecule has 0 amide bonds. The van der Waals surface area contributed by atoms with Gasteiger partial charge in [0.25, 0.3) is 0 Å². The number of benzene rings is 2. The quantitative estimate of drug-likeness (QED) is 0.221. The van der Waals surface area contributed by atoms with Crippen LogP contribution in [0.1, 0.15) is 72.5 Å². The SMILES string of the molecule is CCOC(=O)c1c(C)nc(CC)n1Cc1ccc2oc(-c3ccccc3C(=O)OC(C)(C)C)c(Br)c2c1. The van der Waals surface area contributed by atoms with Crippen LogP contribution >= 0.6 is 15.9 Å². The number of aryl methyl sites for hydroxylation is 2. The summed E-state index contributed by atoms with van der Waals surface area (Å²) in [6, 6.07) is 13.1. The van der Waals surface area contributed by atoms with Crippen LogP contribution in [0.2, 0.25) is 0 Å². The average molecular weight is 567 g/mol. The number of carbonyl (C=O) groups is 2. The highest BCUT2D eigenvalue weighted by Crippen LogP contribution is 2.40. The smallest absolute Gasteiger partial charge is 0.356 e. The van der Waals surface area contributed by atoms with Gasteiger partial charge in [-0.15, -0.1) is 0 Å². The number of esters is 2. The molecule has 0 unspecified atom stereocenters. The first kappa shape index (κ1) is 26.7. The Bertz CT molecular complexity index is 1480. The van der Waals surface area contributed by atoms with Crippen molar-refractivity contribution in [2.45, 2.75) is 60.1 Å². The summed E-state index contributed by atoms with van der Waals surface area (Å²) in [5.74, 6) is 0.580. The Labute approximate surface area is 224 Å². The van der Waals surface area contributed by atoms with Gasteiger partial charge in [0, 0.05) is 23.9 Å². The van der Waals surface area contributed by atoms with Crippen molar-refractivity contribution in [3.05, 3.63) is 75.3 Å². The standard InChI is InChI=1S/C29H31BrN2O5/c1-7-23-31-17(3)25(28(34)35-8-2)32(23)16-18-13-14-22-21(15-18)24(30)26(36-22)19-11-9-10-12-20(19)27(33)37-29(4,5)6/h9-15H,7-8,16H2,1-6H3. The van der Waals surface area contributed by atoms with Crippen LogP contribution in [0.25, 0.3) is 22.3 Å². The first-order chi connectivity index (χ1) is 17.5. The monoisotopic (exact) mass is 566 g/mol. The maximum absolute atomic E-state index is 12.9. The Kier molecular flexibility index (Phi) is 7.59. The number of halogens is 1. The predicted octanol–water partition coefficient (Wildman–Crippen LogP) is 7.11. The zero-order chi connectivity index (χ0) is 26.9. The molecule has 0 aliphatic carbocycles. The maximum Gasteiger partial charge on any atom is 0.356 e. The fraction of sp³-hybridized carbons (Fsp3) is 0.345. The van der Waals surface area contributed by atoms with Gasteiger partial charge < -0.3 is 18.5 Å². The first-order valence-electron chi connectivity index (χ1n) is 12.3. The minimum atomic E-state index is -0.615. The summed E-state index contributed by atoms with van der Waals surface area (Å²) < 4.78 is 19.8. The second-order valence-electron chi connectivity index (χ2n) is 9.75. The molecule has 0 spiro atoms. The fourth-order valence-corrected chi connectivity index (χ4v) is 4.89. The number of aromatic nitrogens is 2. The summed E-state index contributed by atoms with van der Waals surface area (Å²) in [6.45, 7) is 11.9. The lowest BCUT2D eigenvalue weighted by atomic mass is 10.0. The number of carbonyl (C=O) groups excluding carboxylic acids is 2. The normalized spacial score (nSPS) is 11.6. The van der Waals surface area contributed by atoms with Gasteiger partial charge in [0.1, 0.15) is 22.8 Å². The van der Waals surface area contributed by atoms with E-state index in [9.17, 15) is 9.59 Å². The van der Waals surface area contributed by atoms with Crippen LogP contribution in [0.15, 0.2) is 51.4 Å². The lowest BCUT2D eigenvalue weighted by molar-refractivity contribution is 0.00699. The van der Waals surface area contributed by atoms with Crippen molar-refractivity contribution in [2.24, 2.45) is 0 Å². The van der Waals surface area contributed by atoms with Gasteiger partial charge in [-0.1, -0.05) is 31.2 Å². The lowest BCUT2D eigenvalue weighted by Gasteiger charge is -2.20. The van der Waals surface area contributed by atoms with Crippen molar-refractivity contribution >= 4 is 38.8 Å². The number of furan rings is 1. The molecule has 0 aliphatic heterocycles. The van der Waals surface area contributed by atoms with E-state index in [1.165, 1.54) is 0 Å². The number of imidazole rings is 1. The van der Waals surface area contributed by atoms with E-state index in [4.69, 9.17) is 13.9 Å². The Balaban J connectivity index is 1.75. The molecule has 2 aromatic carbocycles. The van der Waals surface area contributed by atoms with E-state index in [-0.39, 0.29) is 5.97 Å². The van der Waals surface area contributed by atoms with Gasteiger partial charge in [-0.2, -0.15) is 0 Å². The third kappa shape index (κ3) is 5.49. The third-order valence-electron chi connectivity index (χ3n) is 5.83. The minimum Gasteiger partial charge on any atom is -0.461 e. The van der Waals surface area contributed by atoms with E-state index < -0.39 is 11.6 Å². The van der Waals surface area contributed by atoms with Crippen LogP contribution < -0.4 is 0 Å². The summed E-state index contributed by atoms with van der Waals surface area (Å²) in [7, 11) is 0. The molecule has 2 aromatic heterocycles. The summed E-state index contributed by atoms with van der Waals surface area (Å²) >= 11 is 3.70. The molecule has 0 saturated carbocycles. The molecule has 0 aliphatic rings. The molecule has 0 atom stereocenters. The van der Waals surface area contributed by atoms with E-state index in [1.807, 2.05) is 69.5 Å². The second kappa shape index (κ2) is 10.5. The molecule has 0 N–H and O–H groups in total. The van der Waals surface area contributed by atoms with Gasteiger partial charge in [-0.3, -0.25) is 0 Å². The highest BCUT2D eigenvalue weighted by Gasteiger charge is 2.25. The maximum atomic E-state index is 12.9. The summed E-state index contributed by atoms with van der Waals surface area (Å²) in [4.78, 5) is 30.2. The van der Waals surface area contributed by atoms with Gasteiger partial charge in [0.05, 0.1) is 22.3 Å². The molecule has 4 aromatic rings. The largest absolute Gasteiger partial charge is 0.461 e. The molecule has 0 saturated heterocycles. The number of fused-ring (bicyclic) bond motifs is 1. The Morgan fingerprint density at radius 2 is 1.81 bits per heavy atom. The summed E-state index contributed by atoms with van der Waals surface area (Å²) in [5.41, 5.74) is 3.23. The van der Waals surface area contributed by atoms with E-state index in [0.717, 1.165) is 21.2 Å². The van der Waals surface area contributed by atoms with Crippen molar-refractivity contribution < 1.29 is 23.5 Å². The molecule has 37 heavy (non-hydrogen) atoms. The number of rotatable bonds is 7. The molecule has 0 radical (unpaired) electrons. The molecule has 2 heterocycles. The zero-order valence-electron chi connectivity index (χ0n) is 22.0. The van der Waals surface area contributed by atoms with E-state index in [2.05, 4.69) is 20.9 Å². The molecule has 8 heteroatoms. The average Bonchev–Trinajstić information content (AvgIpc) is 3.34. The molecular formula is C29H31BrN2O5. The molecule has 0 fully saturated rings. The summed E-state index contributed by atoms with van der Waals surface area (Å²) in [5, 5.41) is 0.860. The molecule has 7 nitrogen and oxygen atoms in total.